The van der Waals surface area contributed by atoms with Gasteiger partial charge >= 0.3 is 0 Å². The lowest BCUT2D eigenvalue weighted by Crippen LogP contribution is -1.93. The Morgan fingerprint density at radius 2 is 0.913 bits per heavy atom. The Morgan fingerprint density at radius 3 is 0.913 bits per heavy atom. The number of aliphatic hydroxyl groups excluding tert-OH is 6. The van der Waals surface area contributed by atoms with Crippen LogP contribution in [0.5, 0.6) is 0 Å². The third-order valence-corrected chi connectivity index (χ3v) is 1.33. The molecule has 0 fully saturated rings. The molecule has 0 heterocycles. The maximum atomic E-state index is 8.36. The molecule has 1 unspecified atom stereocenters. The van der Waals surface area contributed by atoms with Crippen LogP contribution in [0.15, 0.2) is 0 Å². The van der Waals surface area contributed by atoms with Crippen LogP contribution < -0.4 is 0 Å². The zero-order valence-electron chi connectivity index (χ0n) is 16.8. The summed E-state index contributed by atoms with van der Waals surface area (Å²) in [5.74, 6) is 0. The summed E-state index contributed by atoms with van der Waals surface area (Å²) in [6.45, 7) is 13.7. The van der Waals surface area contributed by atoms with Crippen LogP contribution in [0.1, 0.15) is 74.1 Å². The molecular formula is C17H46O6. The highest BCUT2D eigenvalue weighted by Crippen LogP contribution is 1.81. The molecule has 1 atom stereocenters. The van der Waals surface area contributed by atoms with Gasteiger partial charge in [-0.2, -0.15) is 0 Å². The van der Waals surface area contributed by atoms with Gasteiger partial charge in [0.25, 0.3) is 0 Å². The number of rotatable bonds is 4. The summed E-state index contributed by atoms with van der Waals surface area (Å²) in [7, 11) is 1.00. The first-order valence-electron chi connectivity index (χ1n) is 8.38. The second-order valence-electron chi connectivity index (χ2n) is 4.47. The number of aliphatic hydroxyl groups is 6. The molecule has 0 saturated heterocycles. The van der Waals surface area contributed by atoms with Crippen LogP contribution in [0.4, 0.5) is 0 Å². The van der Waals surface area contributed by atoms with E-state index in [9.17, 15) is 0 Å². The second kappa shape index (κ2) is 57.6. The molecule has 0 saturated carbocycles. The zero-order valence-corrected chi connectivity index (χ0v) is 16.8. The van der Waals surface area contributed by atoms with E-state index in [1.54, 1.807) is 27.7 Å². The Bertz CT molecular complexity index is 105. The summed E-state index contributed by atoms with van der Waals surface area (Å²) in [5, 5.41) is 46.9. The summed E-state index contributed by atoms with van der Waals surface area (Å²) in [4.78, 5) is 0. The predicted octanol–water partition coefficient (Wildman–Crippen LogP) is 1.94. The smallest absolute Gasteiger partial charge is 0.0509 e. The first kappa shape index (κ1) is 38.4. The van der Waals surface area contributed by atoms with Crippen LogP contribution in [-0.4, -0.2) is 69.8 Å². The highest BCUT2D eigenvalue weighted by Gasteiger charge is 1.81. The molecule has 0 radical (unpaired) electrons. The lowest BCUT2D eigenvalue weighted by atomic mass is 10.3. The van der Waals surface area contributed by atoms with Crippen LogP contribution >= 0.6 is 0 Å². The third kappa shape index (κ3) is 375. The minimum Gasteiger partial charge on any atom is -0.400 e. The predicted molar refractivity (Wildman–Crippen MR) is 99.6 cm³/mol. The molecule has 0 bridgehead atoms. The summed E-state index contributed by atoms with van der Waals surface area (Å²) in [6, 6.07) is 0. The fraction of sp³-hybridized carbons (Fsp3) is 1.00. The molecule has 0 aromatic heterocycles. The molecule has 0 aliphatic heterocycles. The Morgan fingerprint density at radius 1 is 0.696 bits per heavy atom. The monoisotopic (exact) mass is 346 g/mol. The average molecular weight is 347 g/mol. The van der Waals surface area contributed by atoms with E-state index in [0.29, 0.717) is 13.2 Å². The molecule has 0 rings (SSSR count). The zero-order chi connectivity index (χ0) is 20.1. The van der Waals surface area contributed by atoms with Crippen LogP contribution in [0.2, 0.25) is 0 Å². The van der Waals surface area contributed by atoms with Crippen molar-refractivity contribution in [1.29, 1.82) is 0 Å². The van der Waals surface area contributed by atoms with E-state index in [1.165, 1.54) is 0 Å². The highest BCUT2D eigenvalue weighted by molar-refractivity contribution is 4.34. The average Bonchev–Trinajstić information content (AvgIpc) is 2.51. The van der Waals surface area contributed by atoms with Gasteiger partial charge in [0.1, 0.15) is 0 Å². The lowest BCUT2D eigenvalue weighted by molar-refractivity contribution is 0.191. The van der Waals surface area contributed by atoms with E-state index in [-0.39, 0.29) is 18.8 Å². The van der Waals surface area contributed by atoms with Crippen molar-refractivity contribution in [1.82, 2.24) is 0 Å². The van der Waals surface area contributed by atoms with Crippen molar-refractivity contribution in [2.45, 2.75) is 86.4 Å². The number of hydrogen-bond donors (Lipinski definition) is 6. The molecular weight excluding hydrogens is 300 g/mol. The number of hydrogen-bond acceptors (Lipinski definition) is 6. The molecule has 23 heavy (non-hydrogen) atoms. The maximum absolute atomic E-state index is 8.36. The minimum atomic E-state index is -0.167. The van der Waals surface area contributed by atoms with Crippen molar-refractivity contribution in [2.24, 2.45) is 0 Å². The molecule has 6 heteroatoms. The molecule has 0 aromatic rings. The van der Waals surface area contributed by atoms with Gasteiger partial charge in [-0.3, -0.25) is 0 Å². The van der Waals surface area contributed by atoms with Crippen molar-refractivity contribution >= 4 is 0 Å². The van der Waals surface area contributed by atoms with Gasteiger partial charge in [0.15, 0.2) is 0 Å². The third-order valence-electron chi connectivity index (χ3n) is 1.33. The molecule has 6 N–H and O–H groups in total. The van der Waals surface area contributed by atoms with E-state index >= 15 is 0 Å². The van der Waals surface area contributed by atoms with Crippen LogP contribution in [0.3, 0.4) is 0 Å². The van der Waals surface area contributed by atoms with E-state index in [2.05, 4.69) is 6.92 Å². The van der Waals surface area contributed by atoms with Crippen LogP contribution in [0, 0.1) is 0 Å². The van der Waals surface area contributed by atoms with Gasteiger partial charge in [0.2, 0.25) is 0 Å². The standard InChI is InChI=1S/2C4H10O.2C3H8O.C2H6O.CH4O/c1-3-4(2)5;1-2-3-4-5;1-3(2)4;1-2-3-4;1-2-3;1-2/h4-5H,3H2,1-2H3;5H,2-4H2,1H3;3-4H,1-2H3;4H,2-3H2,1H3;3H,2H2,1H3;2H,1H3. The summed E-state index contributed by atoms with van der Waals surface area (Å²) in [5.41, 5.74) is 0. The van der Waals surface area contributed by atoms with Gasteiger partial charge in [-0.05, 0) is 47.0 Å². The molecule has 0 aliphatic rings. The Balaban J connectivity index is -0.0000000386. The van der Waals surface area contributed by atoms with Crippen LogP contribution in [0.25, 0.3) is 0 Å². The maximum Gasteiger partial charge on any atom is 0.0509 e. The van der Waals surface area contributed by atoms with E-state index in [4.69, 9.17) is 30.6 Å². The fourth-order valence-corrected chi connectivity index (χ4v) is 0.158. The minimum absolute atomic E-state index is 0.116. The molecule has 0 amide bonds. The first-order valence-corrected chi connectivity index (χ1v) is 8.38. The van der Waals surface area contributed by atoms with Crippen molar-refractivity contribution < 1.29 is 30.6 Å². The first-order chi connectivity index (χ1) is 10.7. The van der Waals surface area contributed by atoms with E-state index in [1.807, 2.05) is 13.8 Å². The normalized spacial score (nSPS) is 9.00. The number of unbranched alkanes of at least 4 members (excludes halogenated alkanes) is 1. The lowest BCUT2D eigenvalue weighted by Gasteiger charge is -1.90. The molecule has 0 aliphatic carbocycles. The summed E-state index contributed by atoms with van der Waals surface area (Å²) >= 11 is 0. The second-order valence-corrected chi connectivity index (χ2v) is 4.47. The largest absolute Gasteiger partial charge is 0.400 e. The van der Waals surface area contributed by atoms with Gasteiger partial charge in [-0.15, -0.1) is 0 Å². The Kier molecular flexibility index (Phi) is 96.1. The molecule has 6 nitrogen and oxygen atoms in total. The Labute approximate surface area is 144 Å². The SMILES string of the molecule is CC(C)O.CCC(C)O.CCCCO.CCCO.CCO.CO. The molecule has 0 aromatic carbocycles. The van der Waals surface area contributed by atoms with Gasteiger partial charge in [0.05, 0.1) is 6.10 Å². The fourth-order valence-electron chi connectivity index (χ4n) is 0.158. The topological polar surface area (TPSA) is 121 Å². The Hall–Kier alpha value is -0.240. The van der Waals surface area contributed by atoms with E-state index in [0.717, 1.165) is 32.8 Å². The van der Waals surface area contributed by atoms with Crippen molar-refractivity contribution in [3.05, 3.63) is 0 Å². The molecule has 0 spiro atoms. The van der Waals surface area contributed by atoms with Crippen molar-refractivity contribution in [2.75, 3.05) is 26.9 Å². The summed E-state index contributed by atoms with van der Waals surface area (Å²) < 4.78 is 0. The van der Waals surface area contributed by atoms with E-state index < -0.39 is 0 Å². The highest BCUT2D eigenvalue weighted by atomic mass is 16.3. The van der Waals surface area contributed by atoms with Gasteiger partial charge in [-0.1, -0.05) is 27.2 Å². The summed E-state index contributed by atoms with van der Waals surface area (Å²) in [6.07, 6.45) is 3.49. The quantitative estimate of drug-likeness (QED) is 0.463. The van der Waals surface area contributed by atoms with Crippen molar-refractivity contribution in [3.63, 3.8) is 0 Å². The van der Waals surface area contributed by atoms with Crippen LogP contribution in [-0.2, 0) is 0 Å². The van der Waals surface area contributed by atoms with Gasteiger partial charge in [-0.25, -0.2) is 0 Å². The van der Waals surface area contributed by atoms with Crippen molar-refractivity contribution in [3.8, 4) is 0 Å². The van der Waals surface area contributed by atoms with Gasteiger partial charge < -0.3 is 30.6 Å². The molecule has 150 valence electrons. The van der Waals surface area contributed by atoms with Gasteiger partial charge in [0, 0.05) is 33.0 Å².